The van der Waals surface area contributed by atoms with Crippen molar-refractivity contribution in [2.24, 2.45) is 4.99 Å². The van der Waals surface area contributed by atoms with Crippen LogP contribution in [0.2, 0.25) is 0 Å². The number of aliphatic hydroxyl groups excluding tert-OH is 1. The molecule has 0 bridgehead atoms. The molecule has 48 heavy (non-hydrogen) atoms. The SMILES string of the molecule is COc1cccc([C@@H]2OC(c3ccc(OCCCO)cc3)=N[C@]2(CCS(=O)(=O)c2ccccc2)C(=O)NNCCc2ccccc2F)c1. The fourth-order valence-electron chi connectivity index (χ4n) is 5.36. The van der Waals surface area contributed by atoms with Crippen LogP contribution in [0, 0.1) is 5.82 Å². The summed E-state index contributed by atoms with van der Waals surface area (Å²) < 4.78 is 58.8. The average Bonchev–Trinajstić information content (AvgIpc) is 3.52. The quantitative estimate of drug-likeness (QED) is 0.116. The second-order valence-corrected chi connectivity index (χ2v) is 13.3. The van der Waals surface area contributed by atoms with Gasteiger partial charge in [0.2, 0.25) is 5.90 Å². The Morgan fingerprint density at radius 2 is 1.73 bits per heavy atom. The van der Waals surface area contributed by atoms with Gasteiger partial charge in [-0.05, 0) is 72.1 Å². The summed E-state index contributed by atoms with van der Waals surface area (Å²) in [5, 5.41) is 9.06. The molecule has 1 heterocycles. The molecule has 12 heteroatoms. The van der Waals surface area contributed by atoms with E-state index in [4.69, 9.17) is 24.3 Å². The van der Waals surface area contributed by atoms with Crippen LogP contribution in [0.4, 0.5) is 4.39 Å². The van der Waals surface area contributed by atoms with Crippen molar-refractivity contribution < 1.29 is 36.9 Å². The lowest BCUT2D eigenvalue weighted by atomic mass is 9.85. The lowest BCUT2D eigenvalue weighted by molar-refractivity contribution is -0.130. The van der Waals surface area contributed by atoms with Crippen LogP contribution in [0.1, 0.15) is 35.6 Å². The topological polar surface area (TPSA) is 136 Å². The number of carbonyl (C=O) groups excluding carboxylic acids is 1. The number of carbonyl (C=O) groups is 1. The summed E-state index contributed by atoms with van der Waals surface area (Å²) in [5.74, 6) is -0.142. The van der Waals surface area contributed by atoms with E-state index in [0.29, 0.717) is 47.6 Å². The second-order valence-electron chi connectivity index (χ2n) is 11.2. The zero-order chi connectivity index (χ0) is 34.0. The summed E-state index contributed by atoms with van der Waals surface area (Å²) in [6.45, 7) is 0.550. The minimum atomic E-state index is -3.83. The third-order valence-corrected chi connectivity index (χ3v) is 9.69. The third-order valence-electron chi connectivity index (χ3n) is 7.96. The molecular formula is C36H38FN3O7S. The highest BCUT2D eigenvalue weighted by atomic mass is 32.2. The Bertz CT molecular complexity index is 1820. The van der Waals surface area contributed by atoms with Crippen LogP contribution in [0.5, 0.6) is 11.5 Å². The van der Waals surface area contributed by atoms with Gasteiger partial charge < -0.3 is 19.3 Å². The fraction of sp³-hybridized carbons (Fsp3) is 0.278. The van der Waals surface area contributed by atoms with Gasteiger partial charge in [-0.15, -0.1) is 0 Å². The Hall–Kier alpha value is -4.78. The van der Waals surface area contributed by atoms with E-state index in [1.165, 1.54) is 25.3 Å². The monoisotopic (exact) mass is 675 g/mol. The van der Waals surface area contributed by atoms with Crippen molar-refractivity contribution >= 4 is 21.6 Å². The molecule has 0 saturated heterocycles. The van der Waals surface area contributed by atoms with Crippen molar-refractivity contribution in [3.8, 4) is 11.5 Å². The summed E-state index contributed by atoms with van der Waals surface area (Å²) in [5.41, 5.74) is 5.41. The fourth-order valence-corrected chi connectivity index (χ4v) is 6.75. The minimum absolute atomic E-state index is 0.0104. The van der Waals surface area contributed by atoms with Crippen LogP contribution in [-0.4, -0.2) is 63.5 Å². The van der Waals surface area contributed by atoms with Crippen LogP contribution < -0.4 is 20.3 Å². The van der Waals surface area contributed by atoms with E-state index < -0.39 is 33.1 Å². The largest absolute Gasteiger partial charge is 0.497 e. The summed E-state index contributed by atoms with van der Waals surface area (Å²) >= 11 is 0. The van der Waals surface area contributed by atoms with Gasteiger partial charge in [-0.3, -0.25) is 10.2 Å². The molecule has 0 aliphatic carbocycles. The van der Waals surface area contributed by atoms with Crippen molar-refractivity contribution in [3.63, 3.8) is 0 Å². The van der Waals surface area contributed by atoms with E-state index in [0.717, 1.165) is 0 Å². The normalized spacial score (nSPS) is 17.3. The number of nitrogens with one attached hydrogen (secondary N) is 2. The number of benzene rings is 4. The van der Waals surface area contributed by atoms with Gasteiger partial charge in [0.05, 0.1) is 24.4 Å². The van der Waals surface area contributed by atoms with Gasteiger partial charge in [-0.2, -0.15) is 0 Å². The number of rotatable bonds is 16. The molecule has 0 fully saturated rings. The molecule has 2 atom stereocenters. The molecule has 5 rings (SSSR count). The smallest absolute Gasteiger partial charge is 0.266 e. The Labute approximate surface area is 279 Å². The van der Waals surface area contributed by atoms with E-state index in [1.807, 2.05) is 0 Å². The number of hydrogen-bond acceptors (Lipinski definition) is 9. The van der Waals surface area contributed by atoms with Gasteiger partial charge in [0.15, 0.2) is 21.5 Å². The van der Waals surface area contributed by atoms with E-state index in [2.05, 4.69) is 10.9 Å². The third kappa shape index (κ3) is 8.19. The number of ether oxygens (including phenoxy) is 3. The molecule has 1 amide bonds. The summed E-state index contributed by atoms with van der Waals surface area (Å²) in [6, 6.07) is 28.3. The van der Waals surface area contributed by atoms with E-state index >= 15 is 0 Å². The maximum atomic E-state index is 14.3. The first kappa shape index (κ1) is 34.6. The minimum Gasteiger partial charge on any atom is -0.497 e. The molecular weight excluding hydrogens is 637 g/mol. The molecule has 1 aliphatic heterocycles. The number of halogens is 1. The highest BCUT2D eigenvalue weighted by Gasteiger charge is 2.53. The predicted molar refractivity (Wildman–Crippen MR) is 179 cm³/mol. The van der Waals surface area contributed by atoms with Gasteiger partial charge in [0.1, 0.15) is 17.3 Å². The van der Waals surface area contributed by atoms with Gasteiger partial charge >= 0.3 is 0 Å². The van der Waals surface area contributed by atoms with Crippen molar-refractivity contribution in [1.82, 2.24) is 10.9 Å². The molecule has 3 N–H and O–H groups in total. The first-order chi connectivity index (χ1) is 23.3. The second kappa shape index (κ2) is 15.9. The van der Waals surface area contributed by atoms with Crippen molar-refractivity contribution in [2.45, 2.75) is 35.8 Å². The molecule has 0 spiro atoms. The lowest BCUT2D eigenvalue weighted by Crippen LogP contribution is -2.53. The Morgan fingerprint density at radius 1 is 0.979 bits per heavy atom. The number of nitrogens with zero attached hydrogens (tertiary/aromatic N) is 1. The van der Waals surface area contributed by atoms with Crippen LogP contribution in [-0.2, 0) is 25.8 Å². The maximum Gasteiger partial charge on any atom is 0.266 e. The molecule has 1 aliphatic rings. The number of hydrazine groups is 1. The van der Waals surface area contributed by atoms with Crippen LogP contribution in [0.3, 0.4) is 0 Å². The molecule has 4 aromatic rings. The molecule has 0 aromatic heterocycles. The van der Waals surface area contributed by atoms with Gasteiger partial charge in [-0.1, -0.05) is 48.5 Å². The maximum absolute atomic E-state index is 14.3. The van der Waals surface area contributed by atoms with Gasteiger partial charge in [-0.25, -0.2) is 23.2 Å². The summed E-state index contributed by atoms with van der Waals surface area (Å²) in [4.78, 5) is 19.3. The zero-order valence-corrected chi connectivity index (χ0v) is 27.3. The van der Waals surface area contributed by atoms with Crippen molar-refractivity contribution in [3.05, 3.63) is 126 Å². The first-order valence-electron chi connectivity index (χ1n) is 15.5. The summed E-state index contributed by atoms with van der Waals surface area (Å²) in [7, 11) is -2.31. The number of aliphatic imine (C=N–C) groups is 1. The Kier molecular flexibility index (Phi) is 11.4. The van der Waals surface area contributed by atoms with Gasteiger partial charge in [0.25, 0.3) is 5.91 Å². The Balaban J connectivity index is 1.50. The number of sulfone groups is 1. The number of hydrogen-bond donors (Lipinski definition) is 3. The molecule has 252 valence electrons. The van der Waals surface area contributed by atoms with E-state index in [1.54, 1.807) is 84.9 Å². The molecule has 0 unspecified atom stereocenters. The van der Waals surface area contributed by atoms with Crippen LogP contribution >= 0.6 is 0 Å². The Morgan fingerprint density at radius 3 is 2.46 bits per heavy atom. The highest BCUT2D eigenvalue weighted by Crippen LogP contribution is 2.43. The van der Waals surface area contributed by atoms with Crippen LogP contribution in [0.25, 0.3) is 0 Å². The van der Waals surface area contributed by atoms with Crippen LogP contribution in [0.15, 0.2) is 113 Å². The van der Waals surface area contributed by atoms with E-state index in [-0.39, 0.29) is 36.2 Å². The van der Waals surface area contributed by atoms with Gasteiger partial charge in [0, 0.05) is 31.6 Å². The molecule has 4 aromatic carbocycles. The van der Waals surface area contributed by atoms with Crippen molar-refractivity contribution in [1.29, 1.82) is 0 Å². The lowest BCUT2D eigenvalue weighted by Gasteiger charge is -2.30. The highest BCUT2D eigenvalue weighted by molar-refractivity contribution is 7.91. The standard InChI is InChI=1S/C36H38FN3O7S/c1-45-30-11-7-10-28(25-30)33-36(20-24-48(43,44)31-12-3-2-4-13-31,35(42)40-38-21-19-26-9-5-6-14-32(26)37)39-34(47-33)27-15-17-29(18-16-27)46-23-8-22-41/h2-7,9-18,25,33,38,41H,8,19-24H2,1H3,(H,40,42)/t33-,36-/m0/s1. The predicted octanol–water partition coefficient (Wildman–Crippen LogP) is 4.58. The summed E-state index contributed by atoms with van der Waals surface area (Å²) in [6.07, 6.45) is -0.488. The zero-order valence-electron chi connectivity index (χ0n) is 26.5. The first-order valence-corrected chi connectivity index (χ1v) is 17.2. The molecule has 0 saturated carbocycles. The van der Waals surface area contributed by atoms with E-state index in [9.17, 15) is 17.6 Å². The molecule has 10 nitrogen and oxygen atoms in total. The van der Waals surface area contributed by atoms with Crippen molar-refractivity contribution in [2.75, 3.05) is 32.6 Å². The number of amides is 1. The average molecular weight is 676 g/mol. The number of methoxy groups -OCH3 is 1. The molecule has 0 radical (unpaired) electrons. The number of aliphatic hydroxyl groups is 1.